The number of rotatable bonds is 3. The Kier molecular flexibility index (Phi) is 2.63. The zero-order valence-corrected chi connectivity index (χ0v) is 9.13. The van der Waals surface area contributed by atoms with Crippen molar-refractivity contribution in [1.82, 2.24) is 4.57 Å². The molecule has 2 heterocycles. The van der Waals surface area contributed by atoms with Gasteiger partial charge in [0, 0.05) is 23.9 Å². The molecule has 1 aliphatic rings. The summed E-state index contributed by atoms with van der Waals surface area (Å²) in [4.78, 5) is 11.8. The second-order valence-corrected chi connectivity index (χ2v) is 4.23. The van der Waals surface area contributed by atoms with E-state index in [0.29, 0.717) is 5.69 Å². The summed E-state index contributed by atoms with van der Waals surface area (Å²) in [5.74, 6) is 0.205. The molecule has 0 saturated carbocycles. The highest BCUT2D eigenvalue weighted by Gasteiger charge is 2.33. The largest absolute Gasteiger partial charge is 0.399 e. The van der Waals surface area contributed by atoms with Gasteiger partial charge in [-0.05, 0) is 12.5 Å². The first-order valence-electron chi connectivity index (χ1n) is 5.74. The van der Waals surface area contributed by atoms with E-state index in [4.69, 9.17) is 11.9 Å². The van der Waals surface area contributed by atoms with Gasteiger partial charge in [-0.3, -0.25) is 9.36 Å². The molecule has 1 saturated heterocycles. The van der Waals surface area contributed by atoms with Gasteiger partial charge in [0.2, 0.25) is 1.43 Å². The Hall–Kier alpha value is -1.33. The molecule has 2 rings (SSSR count). The molecule has 0 aromatic carbocycles. The molecule has 16 heavy (non-hydrogen) atoms. The van der Waals surface area contributed by atoms with Gasteiger partial charge < -0.3 is 15.6 Å². The summed E-state index contributed by atoms with van der Waals surface area (Å²) < 4.78 is 13.9. The minimum absolute atomic E-state index is 0.128. The molecule has 1 aromatic heterocycles. The summed E-state index contributed by atoms with van der Waals surface area (Å²) >= 11 is 0. The van der Waals surface area contributed by atoms with Crippen LogP contribution in [-0.2, 0) is 4.74 Å². The van der Waals surface area contributed by atoms with Crippen LogP contribution in [0.15, 0.2) is 23.1 Å². The molecular formula is C11H16N2O3. The predicted molar refractivity (Wildman–Crippen MR) is 59.9 cm³/mol. The normalized spacial score (nSPS) is 30.3. The Morgan fingerprint density at radius 2 is 2.62 bits per heavy atom. The van der Waals surface area contributed by atoms with Crippen LogP contribution in [0.5, 0.6) is 0 Å². The van der Waals surface area contributed by atoms with E-state index in [0.717, 1.165) is 6.42 Å². The molecule has 5 heteroatoms. The summed E-state index contributed by atoms with van der Waals surface area (Å²) in [6, 6.07) is 3.05. The fourth-order valence-electron chi connectivity index (χ4n) is 2.08. The van der Waals surface area contributed by atoms with E-state index in [-0.39, 0.29) is 30.4 Å². The molecule has 0 radical (unpaired) electrons. The van der Waals surface area contributed by atoms with Gasteiger partial charge in [-0.15, -0.1) is 0 Å². The lowest BCUT2D eigenvalue weighted by atomic mass is 10.1. The highest BCUT2D eigenvalue weighted by atomic mass is 16.5. The Morgan fingerprint density at radius 3 is 3.31 bits per heavy atom. The highest BCUT2D eigenvalue weighted by Crippen LogP contribution is 2.32. The maximum absolute atomic E-state index is 11.8. The van der Waals surface area contributed by atoms with Gasteiger partial charge in [0.15, 0.2) is 0 Å². The van der Waals surface area contributed by atoms with Crippen molar-refractivity contribution in [3.05, 3.63) is 28.7 Å². The summed E-state index contributed by atoms with van der Waals surface area (Å²) in [6.07, 6.45) is 1.99. The number of anilines is 1. The van der Waals surface area contributed by atoms with Gasteiger partial charge in [0.1, 0.15) is 6.23 Å². The summed E-state index contributed by atoms with van der Waals surface area (Å²) in [5, 5.41) is 4.33. The second kappa shape index (κ2) is 4.27. The average Bonchev–Trinajstić information content (AvgIpc) is 2.60. The molecular weight excluding hydrogens is 208 g/mol. The zero-order chi connectivity index (χ0) is 12.4. The van der Waals surface area contributed by atoms with E-state index in [1.165, 1.54) is 10.6 Å². The molecule has 0 amide bonds. The Morgan fingerprint density at radius 1 is 1.81 bits per heavy atom. The lowest BCUT2D eigenvalue weighted by molar-refractivity contribution is -0.0329. The third kappa shape index (κ3) is 1.96. The number of pyridine rings is 1. The lowest BCUT2D eigenvalue weighted by Crippen LogP contribution is -2.27. The Labute approximate surface area is 94.9 Å². The van der Waals surface area contributed by atoms with Crippen LogP contribution < -0.4 is 11.3 Å². The molecule has 0 aliphatic carbocycles. The number of nitrogen functional groups attached to an aromatic ring is 1. The first-order chi connectivity index (χ1) is 8.11. The van der Waals surface area contributed by atoms with Gasteiger partial charge in [-0.2, -0.15) is 0 Å². The van der Waals surface area contributed by atoms with E-state index in [1.807, 2.05) is 6.92 Å². The van der Waals surface area contributed by atoms with Gasteiger partial charge in [0.05, 0.1) is 12.7 Å². The first kappa shape index (κ1) is 9.86. The van der Waals surface area contributed by atoms with Gasteiger partial charge in [-0.1, -0.05) is 6.92 Å². The Balaban J connectivity index is 2.20. The molecule has 1 fully saturated rings. The molecule has 88 valence electrons. The monoisotopic (exact) mass is 225 g/mol. The topological polar surface area (TPSA) is 77.5 Å². The maximum Gasteiger partial charge on any atom is 0.254 e. The maximum atomic E-state index is 11.8. The molecule has 1 aliphatic heterocycles. The molecule has 0 bridgehead atoms. The number of nitrogens with zero attached hydrogens (tertiary/aromatic N) is 1. The van der Waals surface area contributed by atoms with E-state index < -0.39 is 0 Å². The van der Waals surface area contributed by atoms with Crippen LogP contribution in [0.2, 0.25) is 0 Å². The van der Waals surface area contributed by atoms with Crippen molar-refractivity contribution in [2.24, 2.45) is 5.92 Å². The van der Waals surface area contributed by atoms with Crippen molar-refractivity contribution in [3.63, 3.8) is 0 Å². The first-order valence-corrected chi connectivity index (χ1v) is 5.33. The third-order valence-corrected chi connectivity index (χ3v) is 2.89. The van der Waals surface area contributed by atoms with Crippen LogP contribution in [0, 0.1) is 5.92 Å². The highest BCUT2D eigenvalue weighted by molar-refractivity contribution is 5.34. The van der Waals surface area contributed by atoms with E-state index in [2.05, 4.69) is 5.11 Å². The number of nitrogens with two attached hydrogens (primary N) is 1. The summed E-state index contributed by atoms with van der Waals surface area (Å²) in [7, 11) is 0. The van der Waals surface area contributed by atoms with Crippen molar-refractivity contribution < 1.29 is 9.85 Å². The van der Waals surface area contributed by atoms with Gasteiger partial charge in [0.25, 0.3) is 5.56 Å². The van der Waals surface area contributed by atoms with E-state index in [9.17, 15) is 4.79 Å². The second-order valence-electron chi connectivity index (χ2n) is 4.23. The number of ether oxygens (including phenoxy) is 1. The third-order valence-electron chi connectivity index (χ3n) is 2.89. The fraction of sp³-hybridized carbons (Fsp3) is 0.545. The number of hydrogen-bond acceptors (Lipinski definition) is 4. The van der Waals surface area contributed by atoms with Crippen LogP contribution >= 0.6 is 0 Å². The number of aliphatic hydroxyl groups excluding tert-OH is 1. The predicted octanol–water partition coefficient (Wildman–Crippen LogP) is 0.346. The minimum Gasteiger partial charge on any atom is -0.399 e. The molecule has 1 aromatic rings. The number of hydrogen-bond donors (Lipinski definition) is 2. The molecule has 3 atom stereocenters. The zero-order valence-electron chi connectivity index (χ0n) is 10.1. The van der Waals surface area contributed by atoms with Gasteiger partial charge >= 0.3 is 0 Å². The van der Waals surface area contributed by atoms with Crippen LogP contribution in [0.3, 0.4) is 0 Å². The van der Waals surface area contributed by atoms with Crippen LogP contribution in [0.25, 0.3) is 0 Å². The average molecular weight is 225 g/mol. The van der Waals surface area contributed by atoms with Crippen LogP contribution in [0.1, 0.15) is 19.6 Å². The standard InChI is InChI=1S/C11H16N2O3/c1-7-4-9(6-14)16-11(7)13-3-2-8(12)5-10(13)15/h2-3,5,7,9,11,14H,4,6,12H2,1H3/t7?,9-,11+/m0/s1/i14D. The molecule has 1 unspecified atom stereocenters. The summed E-state index contributed by atoms with van der Waals surface area (Å²) in [5.41, 5.74) is 5.81. The lowest BCUT2D eigenvalue weighted by Gasteiger charge is -2.18. The van der Waals surface area contributed by atoms with Crippen molar-refractivity contribution >= 4 is 5.69 Å². The SMILES string of the molecule is [2H]OC[C@@H]1CC(C)[C@H](n2ccc(N)cc2=O)O1. The quantitative estimate of drug-likeness (QED) is 0.778. The number of aliphatic hydroxyl groups is 1. The smallest absolute Gasteiger partial charge is 0.254 e. The fourth-order valence-corrected chi connectivity index (χ4v) is 2.08. The summed E-state index contributed by atoms with van der Waals surface area (Å²) in [6.45, 7) is 2.24. The van der Waals surface area contributed by atoms with E-state index >= 15 is 0 Å². The van der Waals surface area contributed by atoms with Crippen molar-refractivity contribution in [3.8, 4) is 0 Å². The van der Waals surface area contributed by atoms with E-state index in [1.54, 1.807) is 12.3 Å². The number of aromatic nitrogens is 1. The van der Waals surface area contributed by atoms with Crippen molar-refractivity contribution in [2.75, 3.05) is 12.3 Å². The molecule has 5 nitrogen and oxygen atoms in total. The van der Waals surface area contributed by atoms with Crippen LogP contribution in [-0.4, -0.2) is 23.8 Å². The minimum atomic E-state index is -0.303. The molecule has 0 spiro atoms. The van der Waals surface area contributed by atoms with Gasteiger partial charge in [-0.25, -0.2) is 0 Å². The molecule has 3 N–H and O–H groups in total. The Bertz CT molecular complexity index is 449. The van der Waals surface area contributed by atoms with Crippen molar-refractivity contribution in [1.29, 1.82) is 1.43 Å². The van der Waals surface area contributed by atoms with Crippen molar-refractivity contribution in [2.45, 2.75) is 25.7 Å². The van der Waals surface area contributed by atoms with Crippen LogP contribution in [0.4, 0.5) is 5.69 Å².